The SMILES string of the molecule is COc1cc(C(=O)NC(C)c2nc3ccccc3o2)nn1C. The van der Waals surface area contributed by atoms with E-state index in [1.165, 1.54) is 11.8 Å². The molecule has 3 rings (SSSR count). The molecule has 3 aromatic rings. The first-order valence-electron chi connectivity index (χ1n) is 6.83. The Balaban J connectivity index is 1.77. The van der Waals surface area contributed by atoms with Crippen molar-refractivity contribution in [2.75, 3.05) is 7.11 Å². The van der Waals surface area contributed by atoms with Gasteiger partial charge in [0.05, 0.1) is 7.11 Å². The van der Waals surface area contributed by atoms with Crippen LogP contribution >= 0.6 is 0 Å². The van der Waals surface area contributed by atoms with Crippen molar-refractivity contribution in [1.82, 2.24) is 20.1 Å². The number of carbonyl (C=O) groups excluding carboxylic acids is 1. The van der Waals surface area contributed by atoms with Gasteiger partial charge in [0.1, 0.15) is 11.6 Å². The first-order valence-corrected chi connectivity index (χ1v) is 6.83. The lowest BCUT2D eigenvalue weighted by molar-refractivity contribution is 0.0928. The summed E-state index contributed by atoms with van der Waals surface area (Å²) in [5, 5.41) is 6.91. The monoisotopic (exact) mass is 300 g/mol. The Bertz CT molecular complexity index is 788. The summed E-state index contributed by atoms with van der Waals surface area (Å²) in [5.74, 6) is 0.658. The summed E-state index contributed by atoms with van der Waals surface area (Å²) in [6.07, 6.45) is 0. The minimum atomic E-state index is -0.368. The first kappa shape index (κ1) is 14.1. The van der Waals surface area contributed by atoms with Gasteiger partial charge >= 0.3 is 0 Å². The normalized spacial score (nSPS) is 12.3. The molecule has 0 aliphatic rings. The first-order chi connectivity index (χ1) is 10.6. The number of amides is 1. The Morgan fingerprint density at radius 2 is 2.18 bits per heavy atom. The fourth-order valence-electron chi connectivity index (χ4n) is 2.16. The Morgan fingerprint density at radius 1 is 1.41 bits per heavy atom. The number of fused-ring (bicyclic) bond motifs is 1. The van der Waals surface area contributed by atoms with Crippen LogP contribution in [-0.2, 0) is 7.05 Å². The van der Waals surface area contributed by atoms with Gasteiger partial charge in [-0.3, -0.25) is 4.79 Å². The number of rotatable bonds is 4. The Labute approximate surface area is 126 Å². The molecule has 0 radical (unpaired) electrons. The van der Waals surface area contributed by atoms with Gasteiger partial charge in [-0.1, -0.05) is 12.1 Å². The van der Waals surface area contributed by atoms with E-state index in [0.29, 0.717) is 17.4 Å². The number of hydrogen-bond acceptors (Lipinski definition) is 5. The van der Waals surface area contributed by atoms with Crippen LogP contribution in [0.1, 0.15) is 29.3 Å². The second kappa shape index (κ2) is 5.51. The third-order valence-corrected chi connectivity index (χ3v) is 3.31. The number of para-hydroxylation sites is 2. The molecule has 1 aromatic carbocycles. The third-order valence-electron chi connectivity index (χ3n) is 3.31. The van der Waals surface area contributed by atoms with E-state index in [9.17, 15) is 4.79 Å². The van der Waals surface area contributed by atoms with E-state index in [0.717, 1.165) is 5.52 Å². The van der Waals surface area contributed by atoms with E-state index in [4.69, 9.17) is 9.15 Å². The second-order valence-corrected chi connectivity index (χ2v) is 4.91. The number of nitrogens with one attached hydrogen (secondary N) is 1. The van der Waals surface area contributed by atoms with Crippen molar-refractivity contribution in [3.05, 3.63) is 41.9 Å². The average molecular weight is 300 g/mol. The quantitative estimate of drug-likeness (QED) is 0.797. The minimum absolute atomic E-state index is 0.280. The summed E-state index contributed by atoms with van der Waals surface area (Å²) in [5.41, 5.74) is 1.73. The number of nitrogens with zero attached hydrogens (tertiary/aromatic N) is 3. The molecule has 1 N–H and O–H groups in total. The molecule has 0 saturated carbocycles. The van der Waals surface area contributed by atoms with Crippen LogP contribution in [0.5, 0.6) is 5.88 Å². The lowest BCUT2D eigenvalue weighted by Gasteiger charge is -2.08. The maximum Gasteiger partial charge on any atom is 0.272 e. The van der Waals surface area contributed by atoms with Gasteiger partial charge < -0.3 is 14.5 Å². The molecule has 1 atom stereocenters. The van der Waals surface area contributed by atoms with Gasteiger partial charge in [-0.15, -0.1) is 0 Å². The maximum atomic E-state index is 12.2. The molecule has 0 spiro atoms. The molecule has 7 heteroatoms. The maximum absolute atomic E-state index is 12.2. The highest BCUT2D eigenvalue weighted by Gasteiger charge is 2.19. The highest BCUT2D eigenvalue weighted by molar-refractivity contribution is 5.92. The molecule has 1 unspecified atom stereocenters. The van der Waals surface area contributed by atoms with Crippen LogP contribution in [0.3, 0.4) is 0 Å². The van der Waals surface area contributed by atoms with Crippen LogP contribution in [0.25, 0.3) is 11.1 Å². The zero-order valence-corrected chi connectivity index (χ0v) is 12.5. The van der Waals surface area contributed by atoms with Gasteiger partial charge in [-0.2, -0.15) is 5.10 Å². The number of aryl methyl sites for hydroxylation is 1. The summed E-state index contributed by atoms with van der Waals surface area (Å²) in [6.45, 7) is 1.81. The second-order valence-electron chi connectivity index (χ2n) is 4.91. The van der Waals surface area contributed by atoms with Crippen molar-refractivity contribution < 1.29 is 13.9 Å². The predicted molar refractivity (Wildman–Crippen MR) is 79.7 cm³/mol. The zero-order valence-electron chi connectivity index (χ0n) is 12.5. The molecule has 0 saturated heterocycles. The van der Waals surface area contributed by atoms with Crippen molar-refractivity contribution >= 4 is 17.0 Å². The molecular weight excluding hydrogens is 284 g/mol. The van der Waals surface area contributed by atoms with Gasteiger partial charge in [-0.05, 0) is 19.1 Å². The van der Waals surface area contributed by atoms with Crippen LogP contribution in [0.2, 0.25) is 0 Å². The minimum Gasteiger partial charge on any atom is -0.481 e. The Kier molecular flexibility index (Phi) is 3.54. The molecule has 2 heterocycles. The van der Waals surface area contributed by atoms with E-state index >= 15 is 0 Å². The van der Waals surface area contributed by atoms with Crippen molar-refractivity contribution in [2.45, 2.75) is 13.0 Å². The molecule has 114 valence electrons. The van der Waals surface area contributed by atoms with Crippen molar-refractivity contribution in [2.24, 2.45) is 7.05 Å². The number of benzene rings is 1. The fourth-order valence-corrected chi connectivity index (χ4v) is 2.16. The molecule has 0 bridgehead atoms. The van der Waals surface area contributed by atoms with E-state index in [2.05, 4.69) is 15.4 Å². The van der Waals surface area contributed by atoms with Crippen molar-refractivity contribution in [1.29, 1.82) is 0 Å². The van der Waals surface area contributed by atoms with Crippen LogP contribution in [0, 0.1) is 0 Å². The standard InChI is InChI=1S/C15H16N4O3/c1-9(15-17-10-6-4-5-7-12(10)22-15)16-14(20)11-8-13(21-3)19(2)18-11/h4-9H,1-3H3,(H,16,20). The number of aromatic nitrogens is 3. The summed E-state index contributed by atoms with van der Waals surface area (Å²) < 4.78 is 12.2. The van der Waals surface area contributed by atoms with Crippen LogP contribution in [0.4, 0.5) is 0 Å². The van der Waals surface area contributed by atoms with Gasteiger partial charge in [0.25, 0.3) is 5.91 Å². The van der Waals surface area contributed by atoms with Crippen LogP contribution < -0.4 is 10.1 Å². The molecule has 1 amide bonds. The smallest absolute Gasteiger partial charge is 0.272 e. The highest BCUT2D eigenvalue weighted by atomic mass is 16.5. The van der Waals surface area contributed by atoms with Gasteiger partial charge in [0.2, 0.25) is 11.8 Å². The number of ether oxygens (including phenoxy) is 1. The van der Waals surface area contributed by atoms with Crippen LogP contribution in [-0.4, -0.2) is 27.8 Å². The molecule has 7 nitrogen and oxygen atoms in total. The van der Waals surface area contributed by atoms with Crippen LogP contribution in [0.15, 0.2) is 34.7 Å². The van der Waals surface area contributed by atoms with E-state index in [1.54, 1.807) is 13.1 Å². The van der Waals surface area contributed by atoms with Gasteiger partial charge in [0.15, 0.2) is 11.3 Å². The van der Waals surface area contributed by atoms with Gasteiger partial charge in [-0.25, -0.2) is 9.67 Å². The lowest BCUT2D eigenvalue weighted by Crippen LogP contribution is -2.27. The average Bonchev–Trinajstić information content (AvgIpc) is 3.10. The number of carbonyl (C=O) groups is 1. The lowest BCUT2D eigenvalue weighted by atomic mass is 10.3. The summed E-state index contributed by atoms with van der Waals surface area (Å²) in [7, 11) is 3.24. The third kappa shape index (κ3) is 2.52. The Hall–Kier alpha value is -2.83. The highest BCUT2D eigenvalue weighted by Crippen LogP contribution is 2.20. The summed E-state index contributed by atoms with van der Waals surface area (Å²) in [4.78, 5) is 16.6. The Morgan fingerprint density at radius 3 is 2.86 bits per heavy atom. The molecule has 0 aliphatic carbocycles. The summed E-state index contributed by atoms with van der Waals surface area (Å²) >= 11 is 0. The number of methoxy groups -OCH3 is 1. The van der Waals surface area contributed by atoms with Gasteiger partial charge in [0, 0.05) is 13.1 Å². The van der Waals surface area contributed by atoms with E-state index < -0.39 is 0 Å². The number of oxazole rings is 1. The summed E-state index contributed by atoms with van der Waals surface area (Å²) in [6, 6.07) is 8.67. The molecule has 0 aliphatic heterocycles. The van der Waals surface area contributed by atoms with E-state index in [1.807, 2.05) is 31.2 Å². The molecular formula is C15H16N4O3. The van der Waals surface area contributed by atoms with E-state index in [-0.39, 0.29) is 17.6 Å². The van der Waals surface area contributed by atoms with Crippen molar-refractivity contribution in [3.8, 4) is 5.88 Å². The predicted octanol–water partition coefficient (Wildman–Crippen LogP) is 2.06. The molecule has 0 fully saturated rings. The fraction of sp³-hybridized carbons (Fsp3) is 0.267. The number of hydrogen-bond donors (Lipinski definition) is 1. The molecule has 22 heavy (non-hydrogen) atoms. The van der Waals surface area contributed by atoms with Crippen molar-refractivity contribution in [3.63, 3.8) is 0 Å². The zero-order chi connectivity index (χ0) is 15.7. The topological polar surface area (TPSA) is 82.2 Å². The molecule has 2 aromatic heterocycles. The largest absolute Gasteiger partial charge is 0.481 e.